The van der Waals surface area contributed by atoms with Crippen LogP contribution >= 0.6 is 0 Å². The van der Waals surface area contributed by atoms with Crippen LogP contribution in [0, 0.1) is 0 Å². The molecule has 0 radical (unpaired) electrons. The highest BCUT2D eigenvalue weighted by atomic mass is 19.4. The lowest BCUT2D eigenvalue weighted by Crippen LogP contribution is -2.36. The molecule has 5 nitrogen and oxygen atoms in total. The smallest absolute Gasteiger partial charge is 0.367 e. The summed E-state index contributed by atoms with van der Waals surface area (Å²) in [7, 11) is 4.21. The minimum Gasteiger partial charge on any atom is -0.367 e. The van der Waals surface area contributed by atoms with Gasteiger partial charge in [0.2, 0.25) is 0 Å². The molecule has 3 aromatic rings. The molecular formula is C22H24F3N5. The van der Waals surface area contributed by atoms with Crippen molar-refractivity contribution < 1.29 is 13.2 Å². The fourth-order valence-corrected chi connectivity index (χ4v) is 4.14. The van der Waals surface area contributed by atoms with Gasteiger partial charge >= 0.3 is 6.18 Å². The quantitative estimate of drug-likeness (QED) is 0.650. The van der Waals surface area contributed by atoms with E-state index in [0.717, 1.165) is 37.9 Å². The molecule has 1 aliphatic carbocycles. The van der Waals surface area contributed by atoms with Gasteiger partial charge in [-0.1, -0.05) is 6.07 Å². The Morgan fingerprint density at radius 3 is 2.50 bits per heavy atom. The lowest BCUT2D eigenvalue weighted by molar-refractivity contribution is -0.137. The topological polar surface area (TPSA) is 53.9 Å². The third-order valence-corrected chi connectivity index (χ3v) is 5.84. The molecule has 8 heteroatoms. The Hall–Kier alpha value is -2.74. The van der Waals surface area contributed by atoms with Crippen molar-refractivity contribution in [2.75, 3.05) is 19.4 Å². The van der Waals surface area contributed by atoms with Crippen LogP contribution in [0.3, 0.4) is 0 Å². The molecule has 2 aromatic heterocycles. The molecule has 4 rings (SSSR count). The predicted molar refractivity (Wildman–Crippen MR) is 111 cm³/mol. The summed E-state index contributed by atoms with van der Waals surface area (Å²) in [6.07, 6.45) is 3.70. The number of nitrogens with zero attached hydrogens (tertiary/aromatic N) is 4. The van der Waals surface area contributed by atoms with Crippen LogP contribution < -0.4 is 5.32 Å². The maximum absolute atomic E-state index is 13.5. The van der Waals surface area contributed by atoms with Crippen molar-refractivity contribution in [2.24, 2.45) is 0 Å². The number of benzene rings is 1. The summed E-state index contributed by atoms with van der Waals surface area (Å²) in [5.41, 5.74) is 0.478. The average molecular weight is 415 g/mol. The number of hydrogen-bond donors (Lipinski definition) is 1. The lowest BCUT2D eigenvalue weighted by Gasteiger charge is -2.33. The molecule has 1 saturated carbocycles. The highest BCUT2D eigenvalue weighted by Gasteiger charge is 2.33. The van der Waals surface area contributed by atoms with E-state index in [1.165, 1.54) is 12.5 Å². The van der Waals surface area contributed by atoms with E-state index in [1.807, 2.05) is 0 Å². The minimum atomic E-state index is -4.45. The van der Waals surface area contributed by atoms with Gasteiger partial charge in [0, 0.05) is 35.4 Å². The summed E-state index contributed by atoms with van der Waals surface area (Å²) in [5, 5.41) is 4.21. The van der Waals surface area contributed by atoms with Crippen molar-refractivity contribution in [3.05, 3.63) is 48.5 Å². The van der Waals surface area contributed by atoms with Crippen LogP contribution in [0.15, 0.2) is 43.0 Å². The molecule has 1 fully saturated rings. The number of nitrogens with one attached hydrogen (secondary N) is 1. The molecule has 2 heterocycles. The Labute approximate surface area is 173 Å². The van der Waals surface area contributed by atoms with Gasteiger partial charge in [-0.3, -0.25) is 4.98 Å². The molecule has 1 N–H and O–H groups in total. The first kappa shape index (κ1) is 20.5. The van der Waals surface area contributed by atoms with E-state index in [1.54, 1.807) is 18.2 Å². The van der Waals surface area contributed by atoms with Crippen molar-refractivity contribution in [1.82, 2.24) is 19.9 Å². The van der Waals surface area contributed by atoms with Gasteiger partial charge in [0.15, 0.2) is 0 Å². The standard InChI is InChI=1S/C22H24F3N5/c1-30(2)16-6-4-15(5-7-16)29-21-17-11-14(3-8-20(17)27-13-28-21)18-12-26-10-9-19(18)22(23,24)25/h3,8-13,15-16H,4-7H2,1-2H3,(H,27,28,29). The lowest BCUT2D eigenvalue weighted by atomic mass is 9.90. The number of rotatable bonds is 4. The first-order valence-corrected chi connectivity index (χ1v) is 10.0. The number of pyridine rings is 1. The second-order valence-corrected chi connectivity index (χ2v) is 7.99. The molecule has 0 bridgehead atoms. The van der Waals surface area contributed by atoms with Gasteiger partial charge < -0.3 is 10.2 Å². The summed E-state index contributed by atoms with van der Waals surface area (Å²) >= 11 is 0. The maximum atomic E-state index is 13.5. The van der Waals surface area contributed by atoms with E-state index in [-0.39, 0.29) is 11.6 Å². The zero-order valence-corrected chi connectivity index (χ0v) is 16.9. The number of hydrogen-bond acceptors (Lipinski definition) is 5. The van der Waals surface area contributed by atoms with Gasteiger partial charge in [0.25, 0.3) is 0 Å². The average Bonchev–Trinajstić information content (AvgIpc) is 2.73. The monoisotopic (exact) mass is 415 g/mol. The summed E-state index contributed by atoms with van der Waals surface area (Å²) in [6, 6.07) is 6.97. The molecule has 0 amide bonds. The summed E-state index contributed by atoms with van der Waals surface area (Å²) in [5.74, 6) is 0.660. The van der Waals surface area contributed by atoms with Crippen LogP contribution in [0.2, 0.25) is 0 Å². The second-order valence-electron chi connectivity index (χ2n) is 7.99. The van der Waals surface area contributed by atoms with Crippen molar-refractivity contribution in [3.63, 3.8) is 0 Å². The molecular weight excluding hydrogens is 391 g/mol. The number of fused-ring (bicyclic) bond motifs is 1. The van der Waals surface area contributed by atoms with E-state index in [0.29, 0.717) is 28.3 Å². The summed E-state index contributed by atoms with van der Waals surface area (Å²) in [4.78, 5) is 14.8. The highest BCUT2D eigenvalue weighted by molar-refractivity contribution is 5.92. The maximum Gasteiger partial charge on any atom is 0.417 e. The Balaban J connectivity index is 1.66. The van der Waals surface area contributed by atoms with Gasteiger partial charge in [-0.2, -0.15) is 13.2 Å². The third-order valence-electron chi connectivity index (χ3n) is 5.84. The van der Waals surface area contributed by atoms with Gasteiger partial charge in [0.1, 0.15) is 12.1 Å². The zero-order valence-electron chi connectivity index (χ0n) is 16.9. The fraction of sp³-hybridized carbons (Fsp3) is 0.409. The molecule has 158 valence electrons. The van der Waals surface area contributed by atoms with Crippen molar-refractivity contribution in [1.29, 1.82) is 0 Å². The van der Waals surface area contributed by atoms with E-state index in [2.05, 4.69) is 39.3 Å². The van der Waals surface area contributed by atoms with E-state index < -0.39 is 11.7 Å². The molecule has 0 saturated heterocycles. The zero-order chi connectivity index (χ0) is 21.3. The van der Waals surface area contributed by atoms with Gasteiger partial charge in [-0.25, -0.2) is 9.97 Å². The van der Waals surface area contributed by atoms with E-state index in [4.69, 9.17) is 0 Å². The van der Waals surface area contributed by atoms with Crippen molar-refractivity contribution in [2.45, 2.75) is 43.9 Å². The van der Waals surface area contributed by atoms with Crippen LogP contribution in [-0.4, -0.2) is 46.0 Å². The number of anilines is 1. The number of aromatic nitrogens is 3. The first-order valence-electron chi connectivity index (χ1n) is 10.0. The third kappa shape index (κ3) is 4.23. The molecule has 0 spiro atoms. The van der Waals surface area contributed by atoms with Crippen LogP contribution in [0.4, 0.5) is 19.0 Å². The highest BCUT2D eigenvalue weighted by Crippen LogP contribution is 2.37. The Morgan fingerprint density at radius 2 is 1.80 bits per heavy atom. The van der Waals surface area contributed by atoms with Crippen LogP contribution in [0.25, 0.3) is 22.0 Å². The van der Waals surface area contributed by atoms with Crippen LogP contribution in [0.5, 0.6) is 0 Å². The Kier molecular flexibility index (Phi) is 5.60. The van der Waals surface area contributed by atoms with E-state index >= 15 is 0 Å². The summed E-state index contributed by atoms with van der Waals surface area (Å²) < 4.78 is 40.4. The van der Waals surface area contributed by atoms with E-state index in [9.17, 15) is 13.2 Å². The number of alkyl halides is 3. The summed E-state index contributed by atoms with van der Waals surface area (Å²) in [6.45, 7) is 0. The molecule has 30 heavy (non-hydrogen) atoms. The second kappa shape index (κ2) is 8.18. The Bertz CT molecular complexity index is 1030. The molecule has 0 atom stereocenters. The van der Waals surface area contributed by atoms with Gasteiger partial charge in [0.05, 0.1) is 11.1 Å². The Morgan fingerprint density at radius 1 is 1.03 bits per heavy atom. The normalized spacial score (nSPS) is 19.9. The molecule has 0 aliphatic heterocycles. The first-order chi connectivity index (χ1) is 14.3. The van der Waals surface area contributed by atoms with Crippen LogP contribution in [-0.2, 0) is 6.18 Å². The fourth-order valence-electron chi connectivity index (χ4n) is 4.14. The van der Waals surface area contributed by atoms with Crippen LogP contribution in [0.1, 0.15) is 31.2 Å². The molecule has 0 unspecified atom stereocenters. The minimum absolute atomic E-state index is 0.0493. The number of halogens is 3. The molecule has 1 aliphatic rings. The van der Waals surface area contributed by atoms with Crippen molar-refractivity contribution in [3.8, 4) is 11.1 Å². The SMILES string of the molecule is CN(C)C1CCC(Nc2ncnc3ccc(-c4cnccc4C(F)(F)F)cc23)CC1. The van der Waals surface area contributed by atoms with Crippen molar-refractivity contribution >= 4 is 16.7 Å². The predicted octanol–water partition coefficient (Wildman–Crippen LogP) is 5.00. The van der Waals surface area contributed by atoms with Gasteiger partial charge in [-0.15, -0.1) is 0 Å². The largest absolute Gasteiger partial charge is 0.417 e. The molecule has 1 aromatic carbocycles. The van der Waals surface area contributed by atoms with Gasteiger partial charge in [-0.05, 0) is 63.5 Å².